The fourth-order valence-corrected chi connectivity index (χ4v) is 8.61. The standard InChI is InChI=1S/C23H34O5/c1-21-11-18(25)20-17(6-5-15-4-2-3-8-22(15,20)13-24)23(21,27)9-7-16(21)14-10-19(26)28-12-14/h10,15-18,20,24-25,27H,2-9,11-13H2,1H3/t15-,16-,17-,18+,20-,21-,22-,23+/m1/s1. The largest absolute Gasteiger partial charge is 0.458 e. The number of cyclic esters (lactones) is 1. The molecule has 3 N–H and O–H groups in total. The molecule has 28 heavy (non-hydrogen) atoms. The molecule has 4 aliphatic carbocycles. The summed E-state index contributed by atoms with van der Waals surface area (Å²) < 4.78 is 5.16. The Kier molecular flexibility index (Phi) is 4.29. The van der Waals surface area contributed by atoms with E-state index in [1.165, 1.54) is 6.42 Å². The van der Waals surface area contributed by atoms with Crippen LogP contribution in [0.3, 0.4) is 0 Å². The van der Waals surface area contributed by atoms with Gasteiger partial charge in [0.2, 0.25) is 0 Å². The Morgan fingerprint density at radius 1 is 1.18 bits per heavy atom. The van der Waals surface area contributed by atoms with Gasteiger partial charge in [-0.3, -0.25) is 0 Å². The second-order valence-corrected chi connectivity index (χ2v) is 10.6. The fraction of sp³-hybridized carbons (Fsp3) is 0.870. The first kappa shape index (κ1) is 19.1. The number of carbonyl (C=O) groups is 1. The van der Waals surface area contributed by atoms with Crippen molar-refractivity contribution >= 4 is 5.97 Å². The maximum Gasteiger partial charge on any atom is 0.331 e. The zero-order valence-electron chi connectivity index (χ0n) is 16.9. The summed E-state index contributed by atoms with van der Waals surface area (Å²) in [6.07, 6.45) is 9.58. The van der Waals surface area contributed by atoms with Gasteiger partial charge in [-0.1, -0.05) is 19.8 Å². The van der Waals surface area contributed by atoms with Gasteiger partial charge in [-0.25, -0.2) is 4.79 Å². The molecular formula is C23H34O5. The van der Waals surface area contributed by atoms with E-state index in [0.717, 1.165) is 44.1 Å². The highest BCUT2D eigenvalue weighted by Gasteiger charge is 2.70. The summed E-state index contributed by atoms with van der Waals surface area (Å²) in [4.78, 5) is 11.6. The minimum atomic E-state index is -0.849. The van der Waals surface area contributed by atoms with Crippen LogP contribution < -0.4 is 0 Å². The first-order chi connectivity index (χ1) is 13.4. The summed E-state index contributed by atoms with van der Waals surface area (Å²) in [6.45, 7) is 2.56. The quantitative estimate of drug-likeness (QED) is 0.631. The van der Waals surface area contributed by atoms with Gasteiger partial charge in [-0.15, -0.1) is 0 Å². The molecule has 5 aliphatic rings. The first-order valence-corrected chi connectivity index (χ1v) is 11.2. The number of rotatable bonds is 2. The molecule has 0 unspecified atom stereocenters. The van der Waals surface area contributed by atoms with Crippen LogP contribution in [0.15, 0.2) is 11.6 Å². The van der Waals surface area contributed by atoms with E-state index in [9.17, 15) is 20.1 Å². The smallest absolute Gasteiger partial charge is 0.331 e. The number of fused-ring (bicyclic) bond motifs is 5. The minimum Gasteiger partial charge on any atom is -0.458 e. The molecule has 4 saturated carbocycles. The highest BCUT2D eigenvalue weighted by molar-refractivity contribution is 5.85. The molecular weight excluding hydrogens is 356 g/mol. The van der Waals surface area contributed by atoms with Crippen LogP contribution >= 0.6 is 0 Å². The molecule has 0 saturated heterocycles. The molecule has 5 heteroatoms. The minimum absolute atomic E-state index is 0.0198. The van der Waals surface area contributed by atoms with Crippen molar-refractivity contribution in [3.8, 4) is 0 Å². The van der Waals surface area contributed by atoms with Crippen LogP contribution in [0, 0.1) is 34.5 Å². The topological polar surface area (TPSA) is 87.0 Å². The third-order valence-corrected chi connectivity index (χ3v) is 9.84. The first-order valence-electron chi connectivity index (χ1n) is 11.2. The summed E-state index contributed by atoms with van der Waals surface area (Å²) in [5.41, 5.74) is -0.552. The van der Waals surface area contributed by atoms with Gasteiger partial charge in [0.25, 0.3) is 0 Å². The van der Waals surface area contributed by atoms with Crippen LogP contribution in [0.4, 0.5) is 0 Å². The molecule has 5 nitrogen and oxygen atoms in total. The van der Waals surface area contributed by atoms with E-state index in [-0.39, 0.29) is 35.7 Å². The molecule has 1 aliphatic heterocycles. The number of aliphatic hydroxyl groups is 3. The van der Waals surface area contributed by atoms with E-state index in [0.29, 0.717) is 25.4 Å². The predicted octanol–water partition coefficient (Wildman–Crippen LogP) is 2.58. The van der Waals surface area contributed by atoms with E-state index in [4.69, 9.17) is 4.74 Å². The Morgan fingerprint density at radius 3 is 2.71 bits per heavy atom. The van der Waals surface area contributed by atoms with Crippen molar-refractivity contribution in [1.29, 1.82) is 0 Å². The van der Waals surface area contributed by atoms with Gasteiger partial charge in [0.15, 0.2) is 0 Å². The lowest BCUT2D eigenvalue weighted by Gasteiger charge is -2.65. The third-order valence-electron chi connectivity index (χ3n) is 9.84. The van der Waals surface area contributed by atoms with Crippen molar-refractivity contribution in [3.63, 3.8) is 0 Å². The number of aliphatic hydroxyl groups excluding tert-OH is 2. The van der Waals surface area contributed by atoms with Crippen molar-refractivity contribution in [3.05, 3.63) is 11.6 Å². The summed E-state index contributed by atoms with van der Waals surface area (Å²) in [6, 6.07) is 0. The highest BCUT2D eigenvalue weighted by Crippen LogP contribution is 2.69. The number of carbonyl (C=O) groups excluding carboxylic acids is 1. The zero-order chi connectivity index (χ0) is 19.7. The molecule has 0 spiro atoms. The van der Waals surface area contributed by atoms with Crippen LogP contribution in [-0.2, 0) is 9.53 Å². The van der Waals surface area contributed by atoms with Crippen LogP contribution in [0.25, 0.3) is 0 Å². The molecule has 5 rings (SSSR count). The van der Waals surface area contributed by atoms with Gasteiger partial charge < -0.3 is 20.1 Å². The third kappa shape index (κ3) is 2.27. The Bertz CT molecular complexity index is 703. The summed E-state index contributed by atoms with van der Waals surface area (Å²) >= 11 is 0. The maximum atomic E-state index is 12.1. The van der Waals surface area contributed by atoms with Crippen molar-refractivity contribution < 1.29 is 24.9 Å². The van der Waals surface area contributed by atoms with Gasteiger partial charge in [0.1, 0.15) is 6.61 Å². The average molecular weight is 391 g/mol. The molecule has 0 radical (unpaired) electrons. The number of hydrogen-bond donors (Lipinski definition) is 3. The molecule has 1 heterocycles. The van der Waals surface area contributed by atoms with Gasteiger partial charge in [0, 0.05) is 23.5 Å². The van der Waals surface area contributed by atoms with Crippen LogP contribution in [0.1, 0.15) is 64.7 Å². The van der Waals surface area contributed by atoms with Crippen LogP contribution in [-0.4, -0.2) is 46.2 Å². The second kappa shape index (κ2) is 6.29. The lowest BCUT2D eigenvalue weighted by Crippen LogP contribution is -2.67. The van der Waals surface area contributed by atoms with E-state index >= 15 is 0 Å². The SMILES string of the molecule is C[C@]12C[C@H](O)[C@H]3[C@@H](CC[C@H]4CCCC[C@@]43CO)[C@@]1(O)CC[C@@H]2C1=CC(=O)OC1. The molecule has 0 aromatic carbocycles. The van der Waals surface area contributed by atoms with Gasteiger partial charge in [-0.05, 0) is 74.2 Å². The summed E-state index contributed by atoms with van der Waals surface area (Å²) in [7, 11) is 0. The average Bonchev–Trinajstić information content (AvgIpc) is 3.22. The van der Waals surface area contributed by atoms with Gasteiger partial charge >= 0.3 is 5.97 Å². The van der Waals surface area contributed by atoms with E-state index in [1.54, 1.807) is 6.08 Å². The maximum absolute atomic E-state index is 12.1. The molecule has 0 amide bonds. The van der Waals surface area contributed by atoms with Crippen molar-refractivity contribution in [1.82, 2.24) is 0 Å². The van der Waals surface area contributed by atoms with Crippen LogP contribution in [0.5, 0.6) is 0 Å². The highest BCUT2D eigenvalue weighted by atomic mass is 16.5. The zero-order valence-corrected chi connectivity index (χ0v) is 16.9. The molecule has 8 atom stereocenters. The second-order valence-electron chi connectivity index (χ2n) is 10.6. The van der Waals surface area contributed by atoms with Crippen LogP contribution in [0.2, 0.25) is 0 Å². The van der Waals surface area contributed by atoms with E-state index in [2.05, 4.69) is 6.92 Å². The van der Waals surface area contributed by atoms with Crippen molar-refractivity contribution in [2.24, 2.45) is 34.5 Å². The van der Waals surface area contributed by atoms with E-state index < -0.39 is 17.1 Å². The predicted molar refractivity (Wildman–Crippen MR) is 103 cm³/mol. The fourth-order valence-electron chi connectivity index (χ4n) is 8.61. The molecule has 0 aromatic heterocycles. The summed E-state index contributed by atoms with van der Waals surface area (Å²) in [5, 5.41) is 34.1. The van der Waals surface area contributed by atoms with Crippen molar-refractivity contribution in [2.45, 2.75) is 76.4 Å². The normalized spacial score (nSPS) is 53.1. The van der Waals surface area contributed by atoms with Crippen molar-refractivity contribution in [2.75, 3.05) is 13.2 Å². The molecule has 156 valence electrons. The summed E-state index contributed by atoms with van der Waals surface area (Å²) in [5.74, 6) is 0.255. The Labute approximate surface area is 167 Å². The lowest BCUT2D eigenvalue weighted by molar-refractivity contribution is -0.248. The van der Waals surface area contributed by atoms with E-state index in [1.807, 2.05) is 0 Å². The van der Waals surface area contributed by atoms with Gasteiger partial charge in [0.05, 0.1) is 11.7 Å². The molecule has 0 bridgehead atoms. The number of hydrogen-bond acceptors (Lipinski definition) is 5. The monoisotopic (exact) mass is 390 g/mol. The Morgan fingerprint density at radius 2 is 2.00 bits per heavy atom. The number of ether oxygens (including phenoxy) is 1. The number of esters is 1. The lowest BCUT2D eigenvalue weighted by atomic mass is 9.42. The Hall–Kier alpha value is -0.910. The molecule has 0 aromatic rings. The van der Waals surface area contributed by atoms with Gasteiger partial charge in [-0.2, -0.15) is 0 Å². The molecule has 4 fully saturated rings. The Balaban J connectivity index is 1.54.